The molecule has 4 heterocycles. The maximum absolute atomic E-state index is 11.9. The Bertz CT molecular complexity index is 1160. The molecule has 1 aliphatic rings. The summed E-state index contributed by atoms with van der Waals surface area (Å²) in [6.07, 6.45) is 4.12. The number of rotatable bonds is 4. The maximum atomic E-state index is 11.9. The summed E-state index contributed by atoms with van der Waals surface area (Å²) in [5, 5.41) is 8.39. The van der Waals surface area contributed by atoms with Crippen LogP contribution in [0.3, 0.4) is 0 Å². The molecule has 14 nitrogen and oxygen atoms in total. The van der Waals surface area contributed by atoms with Crippen molar-refractivity contribution in [1.82, 2.24) is 19.9 Å². The first-order valence-corrected chi connectivity index (χ1v) is 11.1. The average Bonchev–Trinajstić information content (AvgIpc) is 2.91. The second-order valence-corrected chi connectivity index (χ2v) is 7.35. The molecule has 1 aliphatic heterocycles. The fourth-order valence-electron chi connectivity index (χ4n) is 2.75. The van der Waals surface area contributed by atoms with Crippen LogP contribution in [0.15, 0.2) is 55.0 Å². The summed E-state index contributed by atoms with van der Waals surface area (Å²) in [5.41, 5.74) is 17.2. The number of esters is 1. The number of carboxylic acid groups (broad SMARTS) is 1. The quantitative estimate of drug-likeness (QED) is 0.206. The van der Waals surface area contributed by atoms with Gasteiger partial charge < -0.3 is 42.2 Å². The second-order valence-electron chi connectivity index (χ2n) is 7.35. The number of carbonyl (C=O) groups is 3. The third kappa shape index (κ3) is 12.5. The number of amides is 1. The maximum Gasteiger partial charge on any atom is 1.00 e. The zero-order valence-electron chi connectivity index (χ0n) is 21.7. The predicted molar refractivity (Wildman–Crippen MR) is 138 cm³/mol. The van der Waals surface area contributed by atoms with Crippen LogP contribution in [0.4, 0.5) is 17.5 Å². The van der Waals surface area contributed by atoms with Crippen molar-refractivity contribution >= 4 is 35.3 Å². The molecule has 0 aliphatic carbocycles. The van der Waals surface area contributed by atoms with Crippen molar-refractivity contribution < 1.29 is 64.0 Å². The molecule has 4 rings (SSSR count). The van der Waals surface area contributed by atoms with E-state index in [9.17, 15) is 14.4 Å². The summed E-state index contributed by atoms with van der Waals surface area (Å²) in [5.74, 6) is -0.232. The van der Waals surface area contributed by atoms with E-state index in [0.29, 0.717) is 61.5 Å². The Morgan fingerprint density at radius 1 is 0.846 bits per heavy atom. The number of pyridine rings is 3. The molecule has 39 heavy (non-hydrogen) atoms. The van der Waals surface area contributed by atoms with Gasteiger partial charge in [-0.2, -0.15) is 0 Å². The molecule has 204 valence electrons. The Morgan fingerprint density at radius 3 is 1.67 bits per heavy atom. The van der Waals surface area contributed by atoms with Gasteiger partial charge in [0.2, 0.25) is 0 Å². The van der Waals surface area contributed by atoms with Crippen molar-refractivity contribution in [2.24, 2.45) is 0 Å². The average molecular weight is 552 g/mol. The first-order valence-electron chi connectivity index (χ1n) is 11.1. The van der Waals surface area contributed by atoms with Crippen LogP contribution in [0.1, 0.15) is 38.0 Å². The molecule has 0 bridgehead atoms. The van der Waals surface area contributed by atoms with Gasteiger partial charge in [0, 0.05) is 31.7 Å². The number of carbonyl (C=O) groups excluding carboxylic acids is 2. The minimum atomic E-state index is -0.993. The monoisotopic (exact) mass is 551 g/mol. The number of hydrogen-bond acceptors (Lipinski definition) is 12. The van der Waals surface area contributed by atoms with E-state index in [0.717, 1.165) is 0 Å². The molecule has 0 atom stereocenters. The summed E-state index contributed by atoms with van der Waals surface area (Å²) < 4.78 is 9.92. The number of nitrogens with zero attached hydrogens (tertiary/aromatic N) is 4. The van der Waals surface area contributed by atoms with Crippen molar-refractivity contribution in [2.75, 3.05) is 50.1 Å². The van der Waals surface area contributed by atoms with E-state index >= 15 is 0 Å². The number of nitrogens with two attached hydrogens (primary N) is 3. The van der Waals surface area contributed by atoms with E-state index in [-0.39, 0.29) is 52.5 Å². The van der Waals surface area contributed by atoms with Crippen LogP contribution in [0.2, 0.25) is 0 Å². The van der Waals surface area contributed by atoms with Gasteiger partial charge in [-0.1, -0.05) is 0 Å². The molecular formula is C24H30N7NaO7. The van der Waals surface area contributed by atoms with Crippen molar-refractivity contribution in [1.29, 1.82) is 0 Å². The van der Waals surface area contributed by atoms with Gasteiger partial charge in [0.15, 0.2) is 0 Å². The molecule has 0 aromatic carbocycles. The van der Waals surface area contributed by atoms with Gasteiger partial charge in [-0.25, -0.2) is 24.5 Å². The van der Waals surface area contributed by atoms with Crippen molar-refractivity contribution in [3.05, 3.63) is 71.7 Å². The number of aromatic carboxylic acids is 1. The summed E-state index contributed by atoms with van der Waals surface area (Å²) in [6.45, 7) is 4.61. The zero-order chi connectivity index (χ0) is 27.2. The molecule has 3 aromatic heterocycles. The van der Waals surface area contributed by atoms with Crippen LogP contribution < -0.4 is 46.8 Å². The fraction of sp³-hybridized carbons (Fsp3) is 0.250. The number of aromatic nitrogens is 3. The van der Waals surface area contributed by atoms with E-state index in [1.807, 2.05) is 0 Å². The van der Waals surface area contributed by atoms with Gasteiger partial charge in [0.25, 0.3) is 5.91 Å². The normalized spacial score (nSPS) is 11.6. The number of carboxylic acids is 1. The predicted octanol–water partition coefficient (Wildman–Crippen LogP) is -1.83. The molecule has 0 spiro atoms. The van der Waals surface area contributed by atoms with Crippen molar-refractivity contribution in [3.8, 4) is 0 Å². The SMILES string of the molecule is CCOC(=O)c1ccc(N)nc1.Nc1ccc(C(=O)N2CCOCC2)cn1.Nc1ccc(C(=O)O)cn1.[Na+].[OH-]. The summed E-state index contributed by atoms with van der Waals surface area (Å²) in [4.78, 5) is 46.2. The Kier molecular flexibility index (Phi) is 16.6. The van der Waals surface area contributed by atoms with Crippen LogP contribution in [0.5, 0.6) is 0 Å². The van der Waals surface area contributed by atoms with Crippen molar-refractivity contribution in [2.45, 2.75) is 6.92 Å². The molecule has 8 N–H and O–H groups in total. The van der Waals surface area contributed by atoms with Gasteiger partial charge in [-0.15, -0.1) is 0 Å². The summed E-state index contributed by atoms with van der Waals surface area (Å²) in [6, 6.07) is 9.33. The number of hydrogen-bond donors (Lipinski definition) is 4. The third-order valence-corrected chi connectivity index (χ3v) is 4.66. The first-order chi connectivity index (χ1) is 17.7. The molecule has 3 aromatic rings. The Morgan fingerprint density at radius 2 is 1.28 bits per heavy atom. The Balaban J connectivity index is 0.000000553. The third-order valence-electron chi connectivity index (χ3n) is 4.66. The number of anilines is 3. The Labute approximate surface area is 247 Å². The minimum absolute atomic E-state index is 0. The molecule has 0 unspecified atom stereocenters. The standard InChI is InChI=1S/C10H13N3O2.C8H10N2O2.C6H6N2O2.Na.H2O/c11-9-2-1-8(7-12-9)10(14)13-3-5-15-6-4-13;1-2-12-8(11)6-3-4-7(9)10-5-6;7-5-2-1-4(3-8-5)6(9)10;;/h1-2,7H,3-6H2,(H2,11,12);3-5H,2H2,1H3,(H2,9,10);1-3H,(H2,7,8)(H,9,10);;1H2/q;;;+1;/p-1. The molecule has 1 fully saturated rings. The summed E-state index contributed by atoms with van der Waals surface area (Å²) >= 11 is 0. The molecule has 0 saturated carbocycles. The van der Waals surface area contributed by atoms with Crippen LogP contribution in [0, 0.1) is 0 Å². The van der Waals surface area contributed by atoms with Crippen LogP contribution in [0.25, 0.3) is 0 Å². The minimum Gasteiger partial charge on any atom is -0.870 e. The van der Waals surface area contributed by atoms with Gasteiger partial charge in [0.1, 0.15) is 17.5 Å². The number of nitrogen functional groups attached to an aromatic ring is 3. The smallest absolute Gasteiger partial charge is 0.870 e. The molecule has 15 heteroatoms. The van der Waals surface area contributed by atoms with E-state index in [1.54, 1.807) is 36.1 Å². The molecular weight excluding hydrogens is 521 g/mol. The number of morpholine rings is 1. The van der Waals surface area contributed by atoms with Crippen LogP contribution in [-0.2, 0) is 9.47 Å². The summed E-state index contributed by atoms with van der Waals surface area (Å²) in [7, 11) is 0. The van der Waals surface area contributed by atoms with Gasteiger partial charge in [-0.05, 0) is 43.3 Å². The van der Waals surface area contributed by atoms with Crippen LogP contribution in [-0.4, -0.2) is 81.2 Å². The van der Waals surface area contributed by atoms with E-state index < -0.39 is 5.97 Å². The van der Waals surface area contributed by atoms with E-state index in [4.69, 9.17) is 31.8 Å². The van der Waals surface area contributed by atoms with E-state index in [2.05, 4.69) is 15.0 Å². The fourth-order valence-corrected chi connectivity index (χ4v) is 2.75. The molecule has 1 amide bonds. The van der Waals surface area contributed by atoms with E-state index in [1.165, 1.54) is 30.7 Å². The topological polar surface area (TPSA) is 240 Å². The second kappa shape index (κ2) is 18.4. The molecule has 0 radical (unpaired) electrons. The van der Waals surface area contributed by atoms with Gasteiger partial charge in [-0.3, -0.25) is 4.79 Å². The van der Waals surface area contributed by atoms with Gasteiger partial charge >= 0.3 is 41.5 Å². The number of ether oxygens (including phenoxy) is 2. The first kappa shape index (κ1) is 35.2. The van der Waals surface area contributed by atoms with Crippen molar-refractivity contribution in [3.63, 3.8) is 0 Å². The van der Waals surface area contributed by atoms with Crippen LogP contribution >= 0.6 is 0 Å². The molecule has 1 saturated heterocycles. The Hall–Kier alpha value is -3.82. The van der Waals surface area contributed by atoms with Gasteiger partial charge in [0.05, 0.1) is 36.5 Å². The zero-order valence-corrected chi connectivity index (χ0v) is 23.7. The largest absolute Gasteiger partial charge is 1.00 e.